The molecule has 1 rings (SSSR count). The number of nitrogens with two attached hydrogens (primary N) is 1. The molecule has 0 aliphatic rings. The number of carbonyl (C=O) groups is 1. The summed E-state index contributed by atoms with van der Waals surface area (Å²) in [6.45, 7) is 3.99. The van der Waals surface area contributed by atoms with Gasteiger partial charge in [0.2, 0.25) is 0 Å². The van der Waals surface area contributed by atoms with Gasteiger partial charge in [0.25, 0.3) is 0 Å². The summed E-state index contributed by atoms with van der Waals surface area (Å²) in [7, 11) is 1.41. The Morgan fingerprint density at radius 1 is 1.44 bits per heavy atom. The third kappa shape index (κ3) is 3.58. The van der Waals surface area contributed by atoms with Crippen molar-refractivity contribution in [3.05, 3.63) is 35.4 Å². The summed E-state index contributed by atoms with van der Waals surface area (Å²) in [6, 6.07) is 7.42. The summed E-state index contributed by atoms with van der Waals surface area (Å²) >= 11 is 0. The van der Waals surface area contributed by atoms with E-state index in [1.54, 1.807) is 6.07 Å². The van der Waals surface area contributed by atoms with Crippen LogP contribution < -0.4 is 5.73 Å². The molecule has 18 heavy (non-hydrogen) atoms. The largest absolute Gasteiger partial charge is 0.469 e. The van der Waals surface area contributed by atoms with Gasteiger partial charge in [0.1, 0.15) is 5.84 Å². The molecule has 3 N–H and O–H groups in total. The van der Waals surface area contributed by atoms with Crippen LogP contribution in [-0.4, -0.2) is 18.9 Å². The number of hydrogen-bond acceptors (Lipinski definition) is 3. The molecule has 0 aliphatic heterocycles. The number of esters is 1. The van der Waals surface area contributed by atoms with Gasteiger partial charge in [0, 0.05) is 5.56 Å². The lowest BCUT2D eigenvalue weighted by Crippen LogP contribution is -2.24. The fraction of sp³-hybridized carbons (Fsp3) is 0.429. The van der Waals surface area contributed by atoms with Gasteiger partial charge in [0.15, 0.2) is 0 Å². The summed E-state index contributed by atoms with van der Waals surface area (Å²) in [6.07, 6.45) is 0.603. The molecule has 0 amide bonds. The minimum Gasteiger partial charge on any atom is -0.469 e. The number of carbonyl (C=O) groups excluding carboxylic acids is 1. The van der Waals surface area contributed by atoms with Gasteiger partial charge in [-0.25, -0.2) is 0 Å². The zero-order valence-corrected chi connectivity index (χ0v) is 11.1. The maximum atomic E-state index is 11.7. The lowest BCUT2D eigenvalue weighted by Gasteiger charge is -2.18. The van der Waals surface area contributed by atoms with E-state index in [-0.39, 0.29) is 23.6 Å². The van der Waals surface area contributed by atoms with Crippen LogP contribution >= 0.6 is 0 Å². The van der Waals surface area contributed by atoms with Crippen molar-refractivity contribution in [1.82, 2.24) is 0 Å². The van der Waals surface area contributed by atoms with Crippen molar-refractivity contribution in [2.75, 3.05) is 7.11 Å². The van der Waals surface area contributed by atoms with E-state index >= 15 is 0 Å². The van der Waals surface area contributed by atoms with Gasteiger partial charge in [0.05, 0.1) is 13.0 Å². The first kappa shape index (κ1) is 14.2. The van der Waals surface area contributed by atoms with Crippen LogP contribution in [0.15, 0.2) is 24.3 Å². The first-order valence-corrected chi connectivity index (χ1v) is 5.97. The second-order valence-electron chi connectivity index (χ2n) is 4.69. The molecule has 0 bridgehead atoms. The number of amidine groups is 1. The molecule has 0 heterocycles. The number of methoxy groups -OCH3 is 1. The molecule has 0 saturated carbocycles. The van der Waals surface area contributed by atoms with Crippen LogP contribution in [0.3, 0.4) is 0 Å². The topological polar surface area (TPSA) is 76.2 Å². The van der Waals surface area contributed by atoms with Crippen molar-refractivity contribution in [3.8, 4) is 0 Å². The molecule has 0 unspecified atom stereocenters. The Morgan fingerprint density at radius 2 is 2.11 bits per heavy atom. The van der Waals surface area contributed by atoms with Gasteiger partial charge in [-0.2, -0.15) is 0 Å². The molecule has 1 aromatic rings. The summed E-state index contributed by atoms with van der Waals surface area (Å²) in [4.78, 5) is 11.7. The highest BCUT2D eigenvalue weighted by Gasteiger charge is 2.23. The van der Waals surface area contributed by atoms with Crippen molar-refractivity contribution in [2.45, 2.75) is 20.3 Å². The third-order valence-corrected chi connectivity index (χ3v) is 3.00. The Bertz CT molecular complexity index is 441. The predicted molar refractivity (Wildman–Crippen MR) is 71.5 cm³/mol. The first-order chi connectivity index (χ1) is 8.45. The molecule has 0 fully saturated rings. The Balaban J connectivity index is 2.90. The number of hydrogen-bond donors (Lipinski definition) is 2. The fourth-order valence-electron chi connectivity index (χ4n) is 1.86. The molecule has 1 atom stereocenters. The molecule has 1 aromatic carbocycles. The predicted octanol–water partition coefficient (Wildman–Crippen LogP) is 1.96. The Morgan fingerprint density at radius 3 is 2.61 bits per heavy atom. The highest BCUT2D eigenvalue weighted by Crippen LogP contribution is 2.19. The quantitative estimate of drug-likeness (QED) is 0.475. The van der Waals surface area contributed by atoms with Crippen molar-refractivity contribution >= 4 is 11.8 Å². The molecule has 0 aromatic heterocycles. The molecule has 4 nitrogen and oxygen atoms in total. The van der Waals surface area contributed by atoms with E-state index in [4.69, 9.17) is 15.9 Å². The SMILES string of the molecule is COC(=O)[C@H](Cc1cccc(C(=N)N)c1)C(C)C. The summed E-state index contributed by atoms with van der Waals surface area (Å²) in [5, 5.41) is 7.41. The molecular formula is C14H20N2O2. The monoisotopic (exact) mass is 248 g/mol. The van der Waals surface area contributed by atoms with Gasteiger partial charge >= 0.3 is 5.97 Å². The minimum atomic E-state index is -0.196. The number of benzene rings is 1. The zero-order valence-electron chi connectivity index (χ0n) is 11.1. The van der Waals surface area contributed by atoms with E-state index in [1.807, 2.05) is 32.0 Å². The van der Waals surface area contributed by atoms with E-state index in [0.717, 1.165) is 5.56 Å². The highest BCUT2D eigenvalue weighted by atomic mass is 16.5. The Labute approximate surface area is 108 Å². The van der Waals surface area contributed by atoms with Crippen molar-refractivity contribution in [3.63, 3.8) is 0 Å². The van der Waals surface area contributed by atoms with E-state index < -0.39 is 0 Å². The standard InChI is InChI=1S/C14H20N2O2/c1-9(2)12(14(17)18-3)8-10-5-4-6-11(7-10)13(15)16/h4-7,9,12H,8H2,1-3H3,(H3,15,16)/t12-/m1/s1. The van der Waals surface area contributed by atoms with Crippen molar-refractivity contribution in [1.29, 1.82) is 5.41 Å². The molecule has 0 radical (unpaired) electrons. The molecule has 4 heteroatoms. The van der Waals surface area contributed by atoms with Crippen LogP contribution in [0.2, 0.25) is 0 Å². The number of ether oxygens (including phenoxy) is 1. The Hall–Kier alpha value is -1.84. The highest BCUT2D eigenvalue weighted by molar-refractivity contribution is 5.95. The van der Waals surface area contributed by atoms with Gasteiger partial charge in [-0.3, -0.25) is 10.2 Å². The second kappa shape index (κ2) is 6.19. The fourth-order valence-corrected chi connectivity index (χ4v) is 1.86. The van der Waals surface area contributed by atoms with Crippen LogP contribution in [0.1, 0.15) is 25.0 Å². The lowest BCUT2D eigenvalue weighted by molar-refractivity contribution is -0.146. The molecule has 98 valence electrons. The van der Waals surface area contributed by atoms with E-state index in [1.165, 1.54) is 7.11 Å². The number of rotatable bonds is 5. The maximum absolute atomic E-state index is 11.7. The average Bonchev–Trinajstić information content (AvgIpc) is 2.35. The molecule has 0 saturated heterocycles. The first-order valence-electron chi connectivity index (χ1n) is 5.97. The molecule has 0 spiro atoms. The van der Waals surface area contributed by atoms with Gasteiger partial charge in [-0.15, -0.1) is 0 Å². The van der Waals surface area contributed by atoms with Crippen LogP contribution in [0.4, 0.5) is 0 Å². The van der Waals surface area contributed by atoms with Gasteiger partial charge in [-0.05, 0) is 24.0 Å². The van der Waals surface area contributed by atoms with Crippen molar-refractivity contribution in [2.24, 2.45) is 17.6 Å². The average molecular weight is 248 g/mol. The number of nitrogens with one attached hydrogen (secondary N) is 1. The summed E-state index contributed by atoms with van der Waals surface area (Å²) < 4.78 is 4.82. The smallest absolute Gasteiger partial charge is 0.309 e. The summed E-state index contributed by atoms with van der Waals surface area (Å²) in [5.74, 6) is -0.120. The molecule has 0 aliphatic carbocycles. The van der Waals surface area contributed by atoms with Crippen LogP contribution in [0, 0.1) is 17.2 Å². The lowest BCUT2D eigenvalue weighted by atomic mass is 9.89. The normalized spacial score (nSPS) is 12.2. The maximum Gasteiger partial charge on any atom is 0.309 e. The third-order valence-electron chi connectivity index (χ3n) is 3.00. The minimum absolute atomic E-state index is 0.0380. The van der Waals surface area contributed by atoms with Crippen LogP contribution in [0.25, 0.3) is 0 Å². The van der Waals surface area contributed by atoms with Crippen LogP contribution in [0.5, 0.6) is 0 Å². The van der Waals surface area contributed by atoms with E-state index in [0.29, 0.717) is 12.0 Å². The zero-order chi connectivity index (χ0) is 13.7. The van der Waals surface area contributed by atoms with Crippen molar-refractivity contribution < 1.29 is 9.53 Å². The van der Waals surface area contributed by atoms with Gasteiger partial charge < -0.3 is 10.5 Å². The van der Waals surface area contributed by atoms with Crippen LogP contribution in [-0.2, 0) is 16.0 Å². The Kier molecular flexibility index (Phi) is 4.89. The number of nitrogen functional groups attached to an aromatic ring is 1. The van der Waals surface area contributed by atoms with Gasteiger partial charge in [-0.1, -0.05) is 32.0 Å². The van der Waals surface area contributed by atoms with E-state index in [2.05, 4.69) is 0 Å². The summed E-state index contributed by atoms with van der Waals surface area (Å²) in [5.41, 5.74) is 7.12. The molecular weight excluding hydrogens is 228 g/mol. The van der Waals surface area contributed by atoms with E-state index in [9.17, 15) is 4.79 Å². The second-order valence-corrected chi connectivity index (χ2v) is 4.69.